The molecule has 1 aromatic carbocycles. The molecule has 0 aromatic heterocycles. The van der Waals surface area contributed by atoms with Gasteiger partial charge in [0.1, 0.15) is 0 Å². The maximum absolute atomic E-state index is 4.06. The van der Waals surface area contributed by atoms with Gasteiger partial charge in [0.2, 0.25) is 0 Å². The van der Waals surface area contributed by atoms with Crippen LogP contribution in [0, 0.1) is 0 Å². The number of benzene rings is 1. The quantitative estimate of drug-likeness (QED) is 0.332. The first kappa shape index (κ1) is 16.8. The van der Waals surface area contributed by atoms with Crippen molar-refractivity contribution in [2.24, 2.45) is 0 Å². The van der Waals surface area contributed by atoms with Crippen LogP contribution in [0.4, 0.5) is 0 Å². The molecule has 0 saturated heterocycles. The summed E-state index contributed by atoms with van der Waals surface area (Å²) < 4.78 is 0. The fourth-order valence-electron chi connectivity index (χ4n) is 2.65. The van der Waals surface area contributed by atoms with Gasteiger partial charge in [0, 0.05) is 8.43 Å². The second kappa shape index (κ2) is 8.09. The molecule has 21 heavy (non-hydrogen) atoms. The zero-order valence-corrected chi connectivity index (χ0v) is 13.1. The lowest BCUT2D eigenvalue weighted by Gasteiger charge is -2.32. The van der Waals surface area contributed by atoms with Crippen molar-refractivity contribution in [2.75, 3.05) is 0 Å². The van der Waals surface area contributed by atoms with Crippen molar-refractivity contribution in [3.05, 3.63) is 103 Å². The van der Waals surface area contributed by atoms with Crippen molar-refractivity contribution >= 4 is 0 Å². The van der Waals surface area contributed by atoms with Gasteiger partial charge in [-0.15, -0.1) is 12.3 Å². The van der Waals surface area contributed by atoms with Crippen LogP contribution in [0.15, 0.2) is 97.3 Å². The average molecular weight is 280 g/mol. The summed E-state index contributed by atoms with van der Waals surface area (Å²) >= 11 is 0. The van der Waals surface area contributed by atoms with Gasteiger partial charge in [0.25, 0.3) is 0 Å². The minimum Gasteiger partial charge on any atom is -0.124 e. The van der Waals surface area contributed by atoms with E-state index in [-0.39, 0.29) is 2.85 Å². The van der Waals surface area contributed by atoms with E-state index in [9.17, 15) is 0 Å². The summed E-state index contributed by atoms with van der Waals surface area (Å²) in [5.41, 5.74) is 5.92. The largest absolute Gasteiger partial charge is 0.124 e. The van der Waals surface area contributed by atoms with Crippen LogP contribution in [0.1, 0.15) is 28.7 Å². The molecule has 0 N–H and O–H groups in total. The second-order valence-corrected chi connectivity index (χ2v) is 4.47. The van der Waals surface area contributed by atoms with Crippen molar-refractivity contribution in [3.63, 3.8) is 0 Å². The molecule has 0 nitrogen and oxygen atoms in total. The molecule has 1 aliphatic carbocycles. The molecule has 1 aliphatic rings. The zero-order chi connectivity index (χ0) is 15.7. The summed E-state index contributed by atoms with van der Waals surface area (Å²) in [6.45, 7) is 15.8. The van der Waals surface area contributed by atoms with Crippen LogP contribution in [-0.4, -0.2) is 0 Å². The third kappa shape index (κ3) is 3.07. The average Bonchev–Trinajstić information content (AvgIpc) is 3.10. The van der Waals surface area contributed by atoms with Gasteiger partial charge in [-0.05, 0) is 17.6 Å². The molecule has 0 spiro atoms. The maximum atomic E-state index is 4.06. The van der Waals surface area contributed by atoms with Crippen molar-refractivity contribution in [3.8, 4) is 0 Å². The molecule has 1 aromatic rings. The van der Waals surface area contributed by atoms with E-state index in [1.54, 1.807) is 0 Å². The van der Waals surface area contributed by atoms with E-state index in [1.807, 2.05) is 44.2 Å². The zero-order valence-electron chi connectivity index (χ0n) is 13.1. The summed E-state index contributed by atoms with van der Waals surface area (Å²) in [5.74, 6) is 0. The van der Waals surface area contributed by atoms with E-state index in [0.29, 0.717) is 0 Å². The molecule has 112 valence electrons. The lowest BCUT2D eigenvalue weighted by Crippen LogP contribution is -2.26. The highest BCUT2D eigenvalue weighted by atomic mass is 14.4. The summed E-state index contributed by atoms with van der Waals surface area (Å²) in [7, 11) is 0. The van der Waals surface area contributed by atoms with Crippen LogP contribution in [0.3, 0.4) is 0 Å². The van der Waals surface area contributed by atoms with E-state index < -0.39 is 5.41 Å². The van der Waals surface area contributed by atoms with Gasteiger partial charge in [0.15, 0.2) is 0 Å². The molecule has 0 amide bonds. The molecule has 0 heterocycles. The number of rotatable bonds is 5. The fourth-order valence-corrected chi connectivity index (χ4v) is 2.65. The van der Waals surface area contributed by atoms with Gasteiger partial charge in [0.05, 0.1) is 5.41 Å². The topological polar surface area (TPSA) is 0 Å². The predicted octanol–water partition coefficient (Wildman–Crippen LogP) is 6.41. The second-order valence-electron chi connectivity index (χ2n) is 4.47. The lowest BCUT2D eigenvalue weighted by atomic mass is 9.69. The molecular weight excluding hydrogens is 252 g/mol. The molecule has 2 rings (SSSR count). The number of allylic oxidation sites excluding steroid dienone is 7. The van der Waals surface area contributed by atoms with Crippen LogP contribution in [0.2, 0.25) is 0 Å². The molecule has 0 fully saturated rings. The number of hydrogen-bond acceptors (Lipinski definition) is 0. The molecule has 0 radical (unpaired) electrons. The molecular formula is C21H28. The SMILES string of the molecule is C=C=C(C=C)C(C=C)(C1=CCC=C1)c1ccccc1.CC.[HH].[HH]. The molecule has 0 bridgehead atoms. The minimum absolute atomic E-state index is 0. The highest BCUT2D eigenvalue weighted by molar-refractivity contribution is 5.58. The molecule has 0 aliphatic heterocycles. The first-order valence-corrected chi connectivity index (χ1v) is 7.39. The summed E-state index contributed by atoms with van der Waals surface area (Å²) in [6.07, 6.45) is 11.2. The standard InChI is InChI=1S/C19H18.C2H6.2H2/c1-4-16(5-2)19(6-3,18-14-10-11-15-18)17-12-8-7-9-13-17;1-2;;/h4,6-10,12-15H,1-3,11H2;1-2H3;2*1H. The Bertz CT molecular complexity index is 602. The van der Waals surface area contributed by atoms with Gasteiger partial charge in [-0.1, -0.05) is 87.7 Å². The van der Waals surface area contributed by atoms with Crippen LogP contribution < -0.4 is 0 Å². The highest BCUT2D eigenvalue weighted by Crippen LogP contribution is 2.42. The highest BCUT2D eigenvalue weighted by Gasteiger charge is 2.35. The molecule has 0 saturated carbocycles. The Hall–Kier alpha value is -2.30. The first-order valence-electron chi connectivity index (χ1n) is 7.39. The summed E-state index contributed by atoms with van der Waals surface area (Å²) in [5, 5.41) is 0. The minimum atomic E-state index is -0.405. The van der Waals surface area contributed by atoms with Crippen LogP contribution in [0.25, 0.3) is 0 Å². The van der Waals surface area contributed by atoms with Gasteiger partial charge < -0.3 is 0 Å². The molecule has 1 atom stereocenters. The van der Waals surface area contributed by atoms with Crippen molar-refractivity contribution in [2.45, 2.75) is 25.7 Å². The Morgan fingerprint density at radius 3 is 2.33 bits per heavy atom. The lowest BCUT2D eigenvalue weighted by molar-refractivity contribution is 0.781. The van der Waals surface area contributed by atoms with Crippen molar-refractivity contribution < 1.29 is 2.85 Å². The van der Waals surface area contributed by atoms with Crippen LogP contribution in [0.5, 0.6) is 0 Å². The third-order valence-electron chi connectivity index (χ3n) is 3.58. The van der Waals surface area contributed by atoms with Gasteiger partial charge in [-0.2, -0.15) is 0 Å². The monoisotopic (exact) mass is 280 g/mol. The van der Waals surface area contributed by atoms with E-state index in [2.05, 4.69) is 55.8 Å². The Kier molecular flexibility index (Phi) is 6.46. The smallest absolute Gasteiger partial charge is 0.0698 e. The summed E-state index contributed by atoms with van der Waals surface area (Å²) in [4.78, 5) is 0. The Morgan fingerprint density at radius 2 is 1.90 bits per heavy atom. The normalized spacial score (nSPS) is 14.9. The Morgan fingerprint density at radius 1 is 1.24 bits per heavy atom. The van der Waals surface area contributed by atoms with E-state index in [4.69, 9.17) is 0 Å². The molecule has 0 heteroatoms. The molecule has 1 unspecified atom stereocenters. The predicted molar refractivity (Wildman–Crippen MR) is 98.6 cm³/mol. The van der Waals surface area contributed by atoms with Crippen LogP contribution >= 0.6 is 0 Å². The van der Waals surface area contributed by atoms with E-state index in [1.165, 1.54) is 5.57 Å². The van der Waals surface area contributed by atoms with Gasteiger partial charge in [-0.3, -0.25) is 0 Å². The van der Waals surface area contributed by atoms with Gasteiger partial charge in [-0.25, -0.2) is 0 Å². The number of hydrogen-bond donors (Lipinski definition) is 0. The third-order valence-corrected chi connectivity index (χ3v) is 3.58. The van der Waals surface area contributed by atoms with Gasteiger partial charge >= 0.3 is 0 Å². The van der Waals surface area contributed by atoms with Crippen LogP contribution in [-0.2, 0) is 5.41 Å². The van der Waals surface area contributed by atoms with E-state index in [0.717, 1.165) is 17.6 Å². The summed E-state index contributed by atoms with van der Waals surface area (Å²) in [6, 6.07) is 10.3. The fraction of sp³-hybridized carbons (Fsp3) is 0.190. The van der Waals surface area contributed by atoms with Crippen molar-refractivity contribution in [1.82, 2.24) is 0 Å². The first-order chi connectivity index (χ1) is 10.3. The Balaban J connectivity index is 0. The van der Waals surface area contributed by atoms with Crippen molar-refractivity contribution in [1.29, 1.82) is 0 Å². The van der Waals surface area contributed by atoms with E-state index >= 15 is 0 Å². The Labute approximate surface area is 132 Å². The maximum Gasteiger partial charge on any atom is 0.0698 e.